The molecule has 0 unspecified atom stereocenters. The maximum Gasteiger partial charge on any atom is 0.407 e. The topological polar surface area (TPSA) is 183 Å². The van der Waals surface area contributed by atoms with Crippen molar-refractivity contribution in [2.45, 2.75) is 51.2 Å². The van der Waals surface area contributed by atoms with Gasteiger partial charge in [0.25, 0.3) is 0 Å². The molecule has 13 nitrogen and oxygen atoms in total. The Morgan fingerprint density at radius 3 is 2.12 bits per heavy atom. The number of benzene rings is 3. The number of carbonyl (C=O) groups excluding carboxylic acids is 5. The Balaban J connectivity index is 1.20. The summed E-state index contributed by atoms with van der Waals surface area (Å²) in [5.74, 6) is -1.93. The fourth-order valence-electron chi connectivity index (χ4n) is 6.26. The van der Waals surface area contributed by atoms with Gasteiger partial charge < -0.3 is 41.0 Å². The highest BCUT2D eigenvalue weighted by molar-refractivity contribution is 5.98. The lowest BCUT2D eigenvalue weighted by molar-refractivity contribution is -0.128. The van der Waals surface area contributed by atoms with Gasteiger partial charge in [-0.25, -0.2) is 14.4 Å². The first-order valence-electron chi connectivity index (χ1n) is 17.1. The molecule has 5 amide bonds. The first-order valence-corrected chi connectivity index (χ1v) is 17.1. The number of carbonyl (C=O) groups is 5. The second kappa shape index (κ2) is 17.2. The van der Waals surface area contributed by atoms with Crippen LogP contribution in [0, 0.1) is 5.92 Å². The van der Waals surface area contributed by atoms with Crippen molar-refractivity contribution in [2.75, 3.05) is 25.6 Å². The van der Waals surface area contributed by atoms with E-state index in [0.29, 0.717) is 24.2 Å². The molecular weight excluding hydrogens is 664 g/mol. The molecule has 4 aromatic rings. The van der Waals surface area contributed by atoms with Gasteiger partial charge in [0.2, 0.25) is 11.8 Å². The zero-order valence-corrected chi connectivity index (χ0v) is 29.4. The van der Waals surface area contributed by atoms with Crippen LogP contribution in [0.15, 0.2) is 91.3 Å². The molecule has 1 aliphatic rings. The maximum atomic E-state index is 13.6. The number of nitrogens with zero attached hydrogens (tertiary/aromatic N) is 1. The van der Waals surface area contributed by atoms with Crippen LogP contribution in [0.25, 0.3) is 11.1 Å². The summed E-state index contributed by atoms with van der Waals surface area (Å²) in [6, 6.07) is 22.1. The summed E-state index contributed by atoms with van der Waals surface area (Å²) in [6.45, 7) is 4.34. The molecule has 3 aromatic carbocycles. The summed E-state index contributed by atoms with van der Waals surface area (Å²) in [5, 5.41) is 10.8. The second-order valence-corrected chi connectivity index (χ2v) is 12.9. The zero-order chi connectivity index (χ0) is 37.2. The lowest BCUT2D eigenvalue weighted by Gasteiger charge is -2.25. The number of methoxy groups -OCH3 is 1. The molecule has 0 spiro atoms. The van der Waals surface area contributed by atoms with Crippen LogP contribution in [0.1, 0.15) is 59.7 Å². The Morgan fingerprint density at radius 1 is 0.846 bits per heavy atom. The van der Waals surface area contributed by atoms with Gasteiger partial charge in [0.15, 0.2) is 0 Å². The number of nitrogens with two attached hydrogens (primary N) is 1. The van der Waals surface area contributed by atoms with Crippen molar-refractivity contribution in [3.8, 4) is 11.1 Å². The molecule has 0 aliphatic heterocycles. The van der Waals surface area contributed by atoms with Gasteiger partial charge in [0.05, 0.1) is 12.7 Å². The Bertz CT molecular complexity index is 1860. The van der Waals surface area contributed by atoms with E-state index in [9.17, 15) is 24.0 Å². The number of nitrogens with one attached hydrogen (secondary N) is 4. The van der Waals surface area contributed by atoms with Crippen LogP contribution in [0.4, 0.5) is 15.3 Å². The van der Waals surface area contributed by atoms with Gasteiger partial charge in [-0.15, -0.1) is 0 Å². The Labute approximate surface area is 302 Å². The molecule has 0 saturated carbocycles. The Hall–Kier alpha value is -6.11. The third-order valence-electron chi connectivity index (χ3n) is 8.93. The van der Waals surface area contributed by atoms with Crippen molar-refractivity contribution in [2.24, 2.45) is 11.7 Å². The second-order valence-electron chi connectivity index (χ2n) is 12.9. The predicted molar refractivity (Wildman–Crippen MR) is 196 cm³/mol. The van der Waals surface area contributed by atoms with Crippen molar-refractivity contribution >= 4 is 35.6 Å². The first-order chi connectivity index (χ1) is 25.0. The molecule has 0 fully saturated rings. The van der Waals surface area contributed by atoms with Crippen LogP contribution in [-0.4, -0.2) is 66.8 Å². The minimum atomic E-state index is -0.998. The largest absolute Gasteiger partial charge is 0.465 e. The van der Waals surface area contributed by atoms with E-state index in [1.54, 1.807) is 44.4 Å². The molecule has 272 valence electrons. The Kier molecular flexibility index (Phi) is 12.3. The van der Waals surface area contributed by atoms with E-state index < -0.39 is 42.0 Å². The number of fused-ring (bicyclic) bond motifs is 3. The van der Waals surface area contributed by atoms with Crippen LogP contribution >= 0.6 is 0 Å². The fraction of sp³-hybridized carbons (Fsp3) is 0.308. The minimum Gasteiger partial charge on any atom is -0.465 e. The van der Waals surface area contributed by atoms with E-state index in [-0.39, 0.29) is 31.4 Å². The summed E-state index contributed by atoms with van der Waals surface area (Å²) in [4.78, 5) is 63.2. The van der Waals surface area contributed by atoms with Crippen LogP contribution in [-0.2, 0) is 25.6 Å². The highest BCUT2D eigenvalue weighted by Crippen LogP contribution is 2.44. The van der Waals surface area contributed by atoms with Crippen LogP contribution in [0.2, 0.25) is 0 Å². The number of rotatable bonds is 15. The molecule has 1 heterocycles. The van der Waals surface area contributed by atoms with Gasteiger partial charge in [0, 0.05) is 37.1 Å². The molecule has 2 atom stereocenters. The first kappa shape index (κ1) is 37.2. The monoisotopic (exact) mass is 708 g/mol. The third-order valence-corrected chi connectivity index (χ3v) is 8.93. The molecule has 0 radical (unpaired) electrons. The third kappa shape index (κ3) is 9.36. The number of ether oxygens (including phenoxy) is 2. The average molecular weight is 709 g/mol. The van der Waals surface area contributed by atoms with Crippen LogP contribution in [0.3, 0.4) is 0 Å². The van der Waals surface area contributed by atoms with Crippen molar-refractivity contribution in [3.63, 3.8) is 0 Å². The number of amides is 5. The van der Waals surface area contributed by atoms with E-state index in [1.807, 2.05) is 65.2 Å². The fourth-order valence-corrected chi connectivity index (χ4v) is 6.26. The number of aromatic nitrogens is 1. The molecule has 1 aliphatic carbocycles. The van der Waals surface area contributed by atoms with E-state index >= 15 is 0 Å². The number of primary amides is 1. The average Bonchev–Trinajstić information content (AvgIpc) is 3.73. The number of esters is 1. The van der Waals surface area contributed by atoms with E-state index in [4.69, 9.17) is 15.2 Å². The lowest BCUT2D eigenvalue weighted by atomic mass is 9.98. The van der Waals surface area contributed by atoms with Crippen molar-refractivity contribution in [1.82, 2.24) is 20.5 Å². The number of hydrogen-bond acceptors (Lipinski definition) is 7. The smallest absolute Gasteiger partial charge is 0.407 e. The van der Waals surface area contributed by atoms with E-state index in [1.165, 1.54) is 7.11 Å². The van der Waals surface area contributed by atoms with Gasteiger partial charge in [-0.1, -0.05) is 74.5 Å². The minimum absolute atomic E-state index is 0.0862. The molecule has 1 aromatic heterocycles. The van der Waals surface area contributed by atoms with Crippen molar-refractivity contribution in [3.05, 3.63) is 114 Å². The van der Waals surface area contributed by atoms with Crippen molar-refractivity contribution in [1.29, 1.82) is 0 Å². The molecule has 0 saturated heterocycles. The summed E-state index contributed by atoms with van der Waals surface area (Å²) < 4.78 is 12.3. The van der Waals surface area contributed by atoms with E-state index in [2.05, 4.69) is 21.3 Å². The SMILES string of the molecule is COC(=O)c1ccn(Cc2ccc(NC(=O)[C@H](CCCNC(N)=O)NC(=O)[C@@H](NC(=O)OCC3c4ccccc4-c4ccccc43)C(C)C)cc2)c1. The molecule has 52 heavy (non-hydrogen) atoms. The van der Waals surface area contributed by atoms with Crippen molar-refractivity contribution < 1.29 is 33.4 Å². The predicted octanol–water partition coefficient (Wildman–Crippen LogP) is 4.76. The van der Waals surface area contributed by atoms with Crippen LogP contribution in [0.5, 0.6) is 0 Å². The van der Waals surface area contributed by atoms with Gasteiger partial charge in [-0.3, -0.25) is 9.59 Å². The van der Waals surface area contributed by atoms with Gasteiger partial charge >= 0.3 is 18.1 Å². The van der Waals surface area contributed by atoms with Gasteiger partial charge in [-0.05, 0) is 64.8 Å². The maximum absolute atomic E-state index is 13.6. The van der Waals surface area contributed by atoms with Gasteiger partial charge in [0.1, 0.15) is 18.7 Å². The quantitative estimate of drug-likeness (QED) is 0.0872. The highest BCUT2D eigenvalue weighted by Gasteiger charge is 2.32. The number of urea groups is 1. The molecule has 5 rings (SSSR count). The summed E-state index contributed by atoms with van der Waals surface area (Å²) in [7, 11) is 1.33. The molecule has 13 heteroatoms. The summed E-state index contributed by atoms with van der Waals surface area (Å²) >= 11 is 0. The molecule has 6 N–H and O–H groups in total. The Morgan fingerprint density at radius 2 is 1.50 bits per heavy atom. The standard InChI is InChI=1S/C39H44N6O7/c1-24(2)34(44-39(50)52-23-32-30-11-6-4-9-28(30)29-10-5-7-12-31(29)32)36(47)43-33(13-8-19-41-38(40)49)35(46)42-27-16-14-25(15-17-27)21-45-20-18-26(22-45)37(48)51-3/h4-7,9-12,14-18,20,22,24,32-34H,8,13,19,21,23H2,1-3H3,(H,42,46)(H,43,47)(H,44,50)(H3,40,41,49)/t33-,34-/m0/s1. The van der Waals surface area contributed by atoms with Gasteiger partial charge in [-0.2, -0.15) is 0 Å². The number of alkyl carbamates (subject to hydrolysis) is 1. The lowest BCUT2D eigenvalue weighted by Crippen LogP contribution is -2.54. The van der Waals surface area contributed by atoms with Crippen LogP contribution < -0.4 is 27.0 Å². The highest BCUT2D eigenvalue weighted by atomic mass is 16.5. The summed E-state index contributed by atoms with van der Waals surface area (Å²) in [5.41, 5.74) is 11.4. The zero-order valence-electron chi connectivity index (χ0n) is 29.4. The normalized spacial score (nSPS) is 12.9. The molecular formula is C39H44N6O7. The summed E-state index contributed by atoms with van der Waals surface area (Å²) in [6.07, 6.45) is 3.24. The molecule has 0 bridgehead atoms. The number of anilines is 1. The van der Waals surface area contributed by atoms with E-state index in [0.717, 1.165) is 27.8 Å². The number of hydrogen-bond donors (Lipinski definition) is 5.